The fraction of sp³-hybridized carbons (Fsp3) is 0.375. The number of carbonyl (C=O) groups is 4. The molecule has 6 rings (SSSR count). The maximum atomic E-state index is 13.2. The molecule has 59 heavy (non-hydrogen) atoms. The van der Waals surface area contributed by atoms with Crippen molar-refractivity contribution in [2.45, 2.75) is 62.8 Å². The largest absolute Gasteiger partial charge is 0.467 e. The third-order valence-corrected chi connectivity index (χ3v) is 9.92. The van der Waals surface area contributed by atoms with Gasteiger partial charge in [0.05, 0.1) is 12.6 Å². The molecule has 2 aliphatic rings. The molecule has 0 spiro atoms. The quantitative estimate of drug-likeness (QED) is 0.0684. The Kier molecular flexibility index (Phi) is 13.8. The summed E-state index contributed by atoms with van der Waals surface area (Å²) in [6.45, 7) is 1.18. The second-order valence-electron chi connectivity index (χ2n) is 14.2. The third-order valence-electron chi connectivity index (χ3n) is 9.66. The summed E-state index contributed by atoms with van der Waals surface area (Å²) in [5, 5.41) is 14.2. The molecule has 1 aliphatic carbocycles. The molecule has 3 aromatic carbocycles. The lowest BCUT2D eigenvalue weighted by Crippen LogP contribution is -2.44. The van der Waals surface area contributed by atoms with Gasteiger partial charge in [-0.15, -0.1) is 0 Å². The van der Waals surface area contributed by atoms with Crippen LogP contribution in [0, 0.1) is 0 Å². The van der Waals surface area contributed by atoms with Gasteiger partial charge >= 0.3 is 30.0 Å². The predicted octanol–water partition coefficient (Wildman–Crippen LogP) is 5.71. The molecule has 3 amide bonds. The fourth-order valence-electron chi connectivity index (χ4n) is 6.41. The smallest absolute Gasteiger partial charge is 0.422 e. The van der Waals surface area contributed by atoms with Gasteiger partial charge in [0.15, 0.2) is 6.61 Å². The number of benzene rings is 3. The van der Waals surface area contributed by atoms with Gasteiger partial charge in [0, 0.05) is 35.1 Å². The summed E-state index contributed by atoms with van der Waals surface area (Å²) in [4.78, 5) is 65.5. The van der Waals surface area contributed by atoms with Crippen LogP contribution in [0.2, 0.25) is 5.02 Å². The number of rotatable bonds is 16. The zero-order valence-electron chi connectivity index (χ0n) is 32.0. The average Bonchev–Trinajstić information content (AvgIpc) is 4.00. The van der Waals surface area contributed by atoms with Crippen molar-refractivity contribution in [3.63, 3.8) is 0 Å². The van der Waals surface area contributed by atoms with E-state index < -0.39 is 54.1 Å². The lowest BCUT2D eigenvalue weighted by atomic mass is 10.1. The van der Waals surface area contributed by atoms with Crippen molar-refractivity contribution in [3.05, 3.63) is 94.5 Å². The molecule has 2 fully saturated rings. The summed E-state index contributed by atoms with van der Waals surface area (Å²) in [6, 6.07) is 18.5. The van der Waals surface area contributed by atoms with Crippen molar-refractivity contribution >= 4 is 58.6 Å². The van der Waals surface area contributed by atoms with Crippen LogP contribution >= 0.6 is 11.6 Å². The highest BCUT2D eigenvalue weighted by molar-refractivity contribution is 6.39. The number of anilines is 4. The first-order valence-corrected chi connectivity index (χ1v) is 19.3. The number of nitrogens with one attached hydrogen (secondary N) is 5. The molecule has 0 radical (unpaired) electrons. The fourth-order valence-corrected chi connectivity index (χ4v) is 6.53. The first kappa shape index (κ1) is 42.6. The lowest BCUT2D eigenvalue weighted by Gasteiger charge is -2.26. The number of alkyl halides is 3. The molecule has 1 atom stereocenters. The Morgan fingerprint density at radius 1 is 0.847 bits per heavy atom. The van der Waals surface area contributed by atoms with Crippen LogP contribution in [-0.2, 0) is 31.2 Å². The van der Waals surface area contributed by atoms with Gasteiger partial charge in [-0.2, -0.15) is 28.1 Å². The monoisotopic (exact) mass is 837 g/mol. The number of esters is 1. The number of methoxy groups -OCH3 is 1. The maximum absolute atomic E-state index is 13.2. The molecule has 2 heterocycles. The molecule has 1 aliphatic heterocycles. The van der Waals surface area contributed by atoms with E-state index in [1.165, 1.54) is 43.5 Å². The van der Waals surface area contributed by atoms with Crippen LogP contribution in [0.5, 0.6) is 6.01 Å². The molecule has 1 saturated carbocycles. The van der Waals surface area contributed by atoms with Gasteiger partial charge in [-0.25, -0.2) is 4.79 Å². The Hall–Kier alpha value is -6.01. The van der Waals surface area contributed by atoms with Gasteiger partial charge in [-0.05, 0) is 105 Å². The molecular weight excluding hydrogens is 795 g/mol. The highest BCUT2D eigenvalue weighted by Gasteiger charge is 2.45. The van der Waals surface area contributed by atoms with E-state index in [-0.39, 0.29) is 30.4 Å². The number of aromatic nitrogens is 3. The number of carbonyl (C=O) groups excluding carboxylic acids is 4. The molecule has 5 N–H and O–H groups in total. The summed E-state index contributed by atoms with van der Waals surface area (Å²) >= 11 is 6.04. The van der Waals surface area contributed by atoms with Gasteiger partial charge in [0.2, 0.25) is 11.9 Å². The van der Waals surface area contributed by atoms with Gasteiger partial charge in [0.1, 0.15) is 6.04 Å². The summed E-state index contributed by atoms with van der Waals surface area (Å²) in [5.41, 5.74) is 2.40. The van der Waals surface area contributed by atoms with Crippen LogP contribution in [0.15, 0.2) is 72.8 Å². The molecular formula is C40H43ClF3N9O6. The van der Waals surface area contributed by atoms with Gasteiger partial charge < -0.3 is 36.1 Å². The van der Waals surface area contributed by atoms with E-state index in [1.54, 1.807) is 24.3 Å². The topological polar surface area (TPSA) is 189 Å². The van der Waals surface area contributed by atoms with Gasteiger partial charge in [-0.1, -0.05) is 42.3 Å². The minimum Gasteiger partial charge on any atom is -0.467 e. The number of likely N-dealkylation sites (tertiary alicyclic amines) is 1. The van der Waals surface area contributed by atoms with Crippen molar-refractivity contribution in [1.82, 2.24) is 30.5 Å². The van der Waals surface area contributed by atoms with Gasteiger partial charge in [0.25, 0.3) is 5.91 Å². The molecule has 19 heteroatoms. The second-order valence-corrected chi connectivity index (χ2v) is 14.6. The third kappa shape index (κ3) is 12.5. The standard InChI is InChI=1S/C40H43ClF3N9O6/c1-58-35(57)31(17-20-45-33(55)34(56)46-29-13-5-25(6-14-29)23-53-21-3-2-4-22-53)48-32(54)26-7-15-30(16-8-26)47-36-49-37(51-38(50-36)59-24-40(42,43)44)52-39(18-19-39)27-9-11-28(41)12-10-27/h5-16,31H,2-4,17-24H2,1H3,(H,45,55)(H,46,56)(H,48,54)(H2,47,49,50,51,52)/t31-/m0/s1. The van der Waals surface area contributed by atoms with Crippen LogP contribution < -0.4 is 31.3 Å². The zero-order chi connectivity index (χ0) is 42.0. The molecule has 0 unspecified atom stereocenters. The SMILES string of the molecule is COC(=O)[C@H](CCNC(=O)C(=O)Nc1ccc(CN2CCCCC2)cc1)NC(=O)c1ccc(Nc2nc(NC3(c4ccc(Cl)cc4)CC3)nc(OCC(F)(F)F)n2)cc1. The Morgan fingerprint density at radius 2 is 1.51 bits per heavy atom. The van der Waals surface area contributed by atoms with Crippen LogP contribution in [-0.4, -0.2) is 89.1 Å². The molecule has 15 nitrogen and oxygen atoms in total. The number of hydrogen-bond acceptors (Lipinski definition) is 12. The number of ether oxygens (including phenoxy) is 2. The predicted molar refractivity (Wildman–Crippen MR) is 212 cm³/mol. The van der Waals surface area contributed by atoms with Crippen LogP contribution in [0.1, 0.15) is 60.0 Å². The van der Waals surface area contributed by atoms with E-state index in [4.69, 9.17) is 21.1 Å². The normalized spacial score (nSPS) is 15.3. The summed E-state index contributed by atoms with van der Waals surface area (Å²) in [7, 11) is 1.15. The highest BCUT2D eigenvalue weighted by atomic mass is 35.5. The van der Waals surface area contributed by atoms with Crippen molar-refractivity contribution in [2.75, 3.05) is 49.3 Å². The van der Waals surface area contributed by atoms with E-state index in [9.17, 15) is 32.3 Å². The molecule has 1 aromatic heterocycles. The van der Waals surface area contributed by atoms with Crippen LogP contribution in [0.3, 0.4) is 0 Å². The zero-order valence-corrected chi connectivity index (χ0v) is 32.8. The summed E-state index contributed by atoms with van der Waals surface area (Å²) in [6.07, 6.45) is 0.313. The maximum Gasteiger partial charge on any atom is 0.422 e. The first-order valence-electron chi connectivity index (χ1n) is 18.9. The Bertz CT molecular complexity index is 2100. The van der Waals surface area contributed by atoms with E-state index >= 15 is 0 Å². The van der Waals surface area contributed by atoms with Gasteiger partial charge in [-0.3, -0.25) is 19.3 Å². The first-order chi connectivity index (χ1) is 28.3. The number of nitrogens with zero attached hydrogens (tertiary/aromatic N) is 4. The van der Waals surface area contributed by atoms with E-state index in [1.807, 2.05) is 24.3 Å². The lowest BCUT2D eigenvalue weighted by molar-refractivity contribution is -0.154. The minimum atomic E-state index is -4.64. The van der Waals surface area contributed by atoms with Crippen molar-refractivity contribution < 1.29 is 41.8 Å². The van der Waals surface area contributed by atoms with Crippen molar-refractivity contribution in [2.24, 2.45) is 0 Å². The van der Waals surface area contributed by atoms with E-state index in [2.05, 4.69) is 46.4 Å². The Morgan fingerprint density at radius 3 is 2.15 bits per heavy atom. The average molecular weight is 838 g/mol. The van der Waals surface area contributed by atoms with Crippen LogP contribution in [0.4, 0.5) is 36.4 Å². The van der Waals surface area contributed by atoms with Crippen LogP contribution in [0.25, 0.3) is 0 Å². The minimum absolute atomic E-state index is 0.0260. The Labute approximate surface area is 342 Å². The number of amides is 3. The van der Waals surface area contributed by atoms with Crippen molar-refractivity contribution in [3.8, 4) is 6.01 Å². The second kappa shape index (κ2) is 19.2. The molecule has 0 bridgehead atoms. The molecule has 312 valence electrons. The number of hydrogen-bond donors (Lipinski definition) is 5. The number of piperidine rings is 1. The molecule has 4 aromatic rings. The molecule has 1 saturated heterocycles. The highest BCUT2D eigenvalue weighted by Crippen LogP contribution is 2.48. The van der Waals surface area contributed by atoms with Crippen molar-refractivity contribution in [1.29, 1.82) is 0 Å². The van der Waals surface area contributed by atoms with E-state index in [0.29, 0.717) is 29.2 Å². The van der Waals surface area contributed by atoms with E-state index in [0.717, 1.165) is 37.9 Å². The Balaban J connectivity index is 1.02. The summed E-state index contributed by atoms with van der Waals surface area (Å²) in [5.74, 6) is -3.39. The summed E-state index contributed by atoms with van der Waals surface area (Å²) < 4.78 is 48.6. The number of halogens is 4.